The SMILES string of the molecule is Cc1ccc(-c2cc(C(=O)Nc3ncccc3O)on2)cc1. The molecule has 1 amide bonds. The van der Waals surface area contributed by atoms with Crippen LogP contribution in [0.25, 0.3) is 11.3 Å². The first-order valence-electron chi connectivity index (χ1n) is 6.62. The molecule has 0 aliphatic heterocycles. The zero-order valence-corrected chi connectivity index (χ0v) is 11.8. The van der Waals surface area contributed by atoms with E-state index in [1.165, 1.54) is 12.3 Å². The Bertz CT molecular complexity index is 810. The minimum atomic E-state index is -0.528. The highest BCUT2D eigenvalue weighted by molar-refractivity contribution is 6.02. The lowest BCUT2D eigenvalue weighted by molar-refractivity contribution is 0.0987. The van der Waals surface area contributed by atoms with Crippen molar-refractivity contribution in [2.45, 2.75) is 6.92 Å². The molecule has 0 spiro atoms. The van der Waals surface area contributed by atoms with Gasteiger partial charge in [-0.05, 0) is 19.1 Å². The van der Waals surface area contributed by atoms with E-state index in [-0.39, 0.29) is 17.3 Å². The highest BCUT2D eigenvalue weighted by atomic mass is 16.5. The Kier molecular flexibility index (Phi) is 3.57. The van der Waals surface area contributed by atoms with Gasteiger partial charge < -0.3 is 14.9 Å². The van der Waals surface area contributed by atoms with Crippen molar-refractivity contribution in [3.63, 3.8) is 0 Å². The molecule has 2 N–H and O–H groups in total. The molecule has 22 heavy (non-hydrogen) atoms. The third-order valence-electron chi connectivity index (χ3n) is 3.10. The minimum absolute atomic E-state index is 0.0422. The minimum Gasteiger partial charge on any atom is -0.504 e. The number of rotatable bonds is 3. The first-order valence-corrected chi connectivity index (χ1v) is 6.62. The molecule has 6 heteroatoms. The van der Waals surface area contributed by atoms with E-state index in [1.54, 1.807) is 12.1 Å². The Morgan fingerprint density at radius 1 is 1.23 bits per heavy atom. The summed E-state index contributed by atoms with van der Waals surface area (Å²) in [5.74, 6) is -0.532. The Morgan fingerprint density at radius 2 is 2.00 bits per heavy atom. The first kappa shape index (κ1) is 13.8. The van der Waals surface area contributed by atoms with E-state index in [9.17, 15) is 9.90 Å². The highest BCUT2D eigenvalue weighted by Crippen LogP contribution is 2.22. The summed E-state index contributed by atoms with van der Waals surface area (Å²) in [5.41, 5.74) is 2.56. The topological polar surface area (TPSA) is 88.2 Å². The number of carbonyl (C=O) groups excluding carboxylic acids is 1. The molecule has 0 fully saturated rings. The van der Waals surface area contributed by atoms with Crippen LogP contribution in [-0.2, 0) is 0 Å². The van der Waals surface area contributed by atoms with Gasteiger partial charge in [0.25, 0.3) is 5.91 Å². The van der Waals surface area contributed by atoms with Crippen molar-refractivity contribution in [3.8, 4) is 17.0 Å². The number of aromatic hydroxyl groups is 1. The van der Waals surface area contributed by atoms with Gasteiger partial charge in [0.05, 0.1) is 0 Å². The van der Waals surface area contributed by atoms with E-state index in [1.807, 2.05) is 31.2 Å². The van der Waals surface area contributed by atoms with Crippen LogP contribution in [0.4, 0.5) is 5.82 Å². The van der Waals surface area contributed by atoms with Gasteiger partial charge in [0, 0.05) is 17.8 Å². The van der Waals surface area contributed by atoms with Gasteiger partial charge in [0.2, 0.25) is 5.76 Å². The van der Waals surface area contributed by atoms with Crippen LogP contribution >= 0.6 is 0 Å². The molecule has 3 rings (SSSR count). The molecule has 0 atom stereocenters. The number of nitrogens with one attached hydrogen (secondary N) is 1. The molecule has 1 aromatic carbocycles. The molecule has 2 aromatic heterocycles. The van der Waals surface area contributed by atoms with Gasteiger partial charge >= 0.3 is 0 Å². The maximum atomic E-state index is 12.1. The van der Waals surface area contributed by atoms with Crippen LogP contribution in [0.5, 0.6) is 5.75 Å². The van der Waals surface area contributed by atoms with Crippen molar-refractivity contribution in [2.24, 2.45) is 0 Å². The van der Waals surface area contributed by atoms with Crippen molar-refractivity contribution < 1.29 is 14.4 Å². The number of hydrogen-bond acceptors (Lipinski definition) is 5. The van der Waals surface area contributed by atoms with Gasteiger partial charge in [-0.3, -0.25) is 4.79 Å². The van der Waals surface area contributed by atoms with Gasteiger partial charge in [-0.15, -0.1) is 0 Å². The lowest BCUT2D eigenvalue weighted by Gasteiger charge is -2.02. The van der Waals surface area contributed by atoms with Crippen LogP contribution in [0.3, 0.4) is 0 Å². The van der Waals surface area contributed by atoms with Gasteiger partial charge in [-0.2, -0.15) is 0 Å². The molecule has 6 nitrogen and oxygen atoms in total. The van der Waals surface area contributed by atoms with Crippen molar-refractivity contribution in [1.29, 1.82) is 0 Å². The predicted molar refractivity (Wildman–Crippen MR) is 80.5 cm³/mol. The molecule has 0 saturated heterocycles. The van der Waals surface area contributed by atoms with Crippen LogP contribution in [0.1, 0.15) is 16.1 Å². The normalized spacial score (nSPS) is 10.4. The fourth-order valence-corrected chi connectivity index (χ4v) is 1.90. The maximum absolute atomic E-state index is 12.1. The van der Waals surface area contributed by atoms with E-state index in [0.29, 0.717) is 5.69 Å². The smallest absolute Gasteiger partial charge is 0.295 e. The van der Waals surface area contributed by atoms with Gasteiger partial charge in [-0.1, -0.05) is 35.0 Å². The largest absolute Gasteiger partial charge is 0.504 e. The molecule has 0 radical (unpaired) electrons. The lowest BCUT2D eigenvalue weighted by atomic mass is 10.1. The van der Waals surface area contributed by atoms with Crippen LogP contribution < -0.4 is 5.32 Å². The number of aromatic nitrogens is 2. The second kappa shape index (κ2) is 5.69. The number of amides is 1. The van der Waals surface area contributed by atoms with E-state index < -0.39 is 5.91 Å². The number of nitrogens with zero attached hydrogens (tertiary/aromatic N) is 2. The second-order valence-electron chi connectivity index (χ2n) is 4.77. The van der Waals surface area contributed by atoms with E-state index in [2.05, 4.69) is 15.5 Å². The molecule has 3 aromatic rings. The zero-order valence-electron chi connectivity index (χ0n) is 11.8. The Hall–Kier alpha value is -3.15. The highest BCUT2D eigenvalue weighted by Gasteiger charge is 2.16. The predicted octanol–water partition coefficient (Wildman–Crippen LogP) is 3.00. The van der Waals surface area contributed by atoms with Crippen LogP contribution in [0.2, 0.25) is 0 Å². The van der Waals surface area contributed by atoms with E-state index >= 15 is 0 Å². The molecule has 0 aliphatic carbocycles. The van der Waals surface area contributed by atoms with Gasteiger partial charge in [0.1, 0.15) is 5.69 Å². The second-order valence-corrected chi connectivity index (χ2v) is 4.77. The average molecular weight is 295 g/mol. The van der Waals surface area contributed by atoms with Crippen molar-refractivity contribution in [3.05, 3.63) is 60.0 Å². The Labute approximate surface area is 126 Å². The van der Waals surface area contributed by atoms with Crippen LogP contribution in [-0.4, -0.2) is 21.2 Å². The molecular weight excluding hydrogens is 282 g/mol. The molecule has 0 bridgehead atoms. The average Bonchev–Trinajstić information content (AvgIpc) is 3.00. The van der Waals surface area contributed by atoms with Gasteiger partial charge in [-0.25, -0.2) is 4.98 Å². The summed E-state index contributed by atoms with van der Waals surface area (Å²) >= 11 is 0. The standard InChI is InChI=1S/C16H13N3O3/c1-10-4-6-11(7-5-10)12-9-14(22-19-12)16(21)18-15-13(20)3-2-8-17-15/h2-9,20H,1H3,(H,17,18,21). The summed E-state index contributed by atoms with van der Waals surface area (Å²) in [6, 6.07) is 12.2. The first-order chi connectivity index (χ1) is 10.6. The molecule has 0 saturated carbocycles. The van der Waals surface area contributed by atoms with Gasteiger partial charge in [0.15, 0.2) is 11.6 Å². The molecule has 2 heterocycles. The zero-order chi connectivity index (χ0) is 15.5. The number of benzene rings is 1. The Balaban J connectivity index is 1.80. The van der Waals surface area contributed by atoms with Crippen molar-refractivity contribution >= 4 is 11.7 Å². The number of carbonyl (C=O) groups is 1. The summed E-state index contributed by atoms with van der Waals surface area (Å²) < 4.78 is 5.05. The maximum Gasteiger partial charge on any atom is 0.295 e. The fourth-order valence-electron chi connectivity index (χ4n) is 1.90. The van der Waals surface area contributed by atoms with Crippen molar-refractivity contribution in [1.82, 2.24) is 10.1 Å². The number of aryl methyl sites for hydroxylation is 1. The fraction of sp³-hybridized carbons (Fsp3) is 0.0625. The molecule has 110 valence electrons. The number of pyridine rings is 1. The summed E-state index contributed by atoms with van der Waals surface area (Å²) in [6.45, 7) is 1.99. The quantitative estimate of drug-likeness (QED) is 0.775. The summed E-state index contributed by atoms with van der Waals surface area (Å²) in [6.07, 6.45) is 1.47. The van der Waals surface area contributed by atoms with Crippen LogP contribution in [0.15, 0.2) is 53.2 Å². The van der Waals surface area contributed by atoms with Crippen molar-refractivity contribution in [2.75, 3.05) is 5.32 Å². The molecule has 0 aliphatic rings. The van der Waals surface area contributed by atoms with Crippen LogP contribution in [0, 0.1) is 6.92 Å². The third-order valence-corrected chi connectivity index (χ3v) is 3.10. The third kappa shape index (κ3) is 2.80. The monoisotopic (exact) mass is 295 g/mol. The molecular formula is C16H13N3O3. The lowest BCUT2D eigenvalue weighted by Crippen LogP contribution is -2.12. The summed E-state index contributed by atoms with van der Waals surface area (Å²) in [7, 11) is 0. The molecule has 0 unspecified atom stereocenters. The number of anilines is 1. The Morgan fingerprint density at radius 3 is 2.73 bits per heavy atom. The number of hydrogen-bond donors (Lipinski definition) is 2. The summed E-state index contributed by atoms with van der Waals surface area (Å²) in [4.78, 5) is 15.9. The summed E-state index contributed by atoms with van der Waals surface area (Å²) in [5, 5.41) is 15.9. The van der Waals surface area contributed by atoms with E-state index in [4.69, 9.17) is 4.52 Å². The van der Waals surface area contributed by atoms with E-state index in [0.717, 1.165) is 11.1 Å².